The summed E-state index contributed by atoms with van der Waals surface area (Å²) in [6, 6.07) is 12.2. The van der Waals surface area contributed by atoms with E-state index < -0.39 is 7.12 Å². The number of ether oxygens (including phenoxy) is 1. The Morgan fingerprint density at radius 2 is 1.70 bits per heavy atom. The number of hydrogen-bond acceptors (Lipinski definition) is 4. The molecule has 3 rings (SSSR count). The summed E-state index contributed by atoms with van der Waals surface area (Å²) in [6.45, 7) is 12.4. The van der Waals surface area contributed by atoms with Crippen LogP contribution in [0.2, 0.25) is 0 Å². The smallest absolute Gasteiger partial charge is 0.484 e. The molecule has 0 spiro atoms. The van der Waals surface area contributed by atoms with Crippen LogP contribution in [0.5, 0.6) is 5.75 Å². The third-order valence-electron chi connectivity index (χ3n) is 6.23. The summed E-state index contributed by atoms with van der Waals surface area (Å²) in [7, 11) is -0.403. The second-order valence-electron chi connectivity index (χ2n) is 9.11. The number of carbonyl (C=O) groups excluding carboxylic acids is 1. The molecule has 0 radical (unpaired) electrons. The number of carbonyl (C=O) groups is 1. The van der Waals surface area contributed by atoms with E-state index in [1.165, 1.54) is 0 Å². The van der Waals surface area contributed by atoms with Gasteiger partial charge in [-0.3, -0.25) is 4.79 Å². The van der Waals surface area contributed by atoms with E-state index in [-0.39, 0.29) is 29.8 Å². The van der Waals surface area contributed by atoms with Crippen molar-refractivity contribution < 1.29 is 18.8 Å². The predicted octanol–water partition coefficient (Wildman–Crippen LogP) is 4.21. The summed E-state index contributed by atoms with van der Waals surface area (Å²) >= 11 is 0. The molecule has 6 heteroatoms. The number of fused-ring (bicyclic) bond motifs is 1. The van der Waals surface area contributed by atoms with E-state index in [0.29, 0.717) is 5.75 Å². The standard InChI is InChI=1S/C24H34BNO4/c1-7-9-20(8-2)26-22(27)16-28-21-13-11-17-10-12-19(14-18(17)15-21)25-29-23(3,4)24(5,6)30-25/h10-15,20H,7-9,16H2,1-6H3,(H,26,27). The fraction of sp³-hybridized carbons (Fsp3) is 0.542. The summed E-state index contributed by atoms with van der Waals surface area (Å²) in [5, 5.41) is 5.16. The van der Waals surface area contributed by atoms with Gasteiger partial charge in [0.1, 0.15) is 5.75 Å². The lowest BCUT2D eigenvalue weighted by molar-refractivity contribution is -0.123. The molecule has 1 amide bonds. The van der Waals surface area contributed by atoms with Gasteiger partial charge in [0.2, 0.25) is 0 Å². The molecule has 1 atom stereocenters. The first-order valence-corrected chi connectivity index (χ1v) is 11.0. The fourth-order valence-electron chi connectivity index (χ4n) is 3.60. The van der Waals surface area contributed by atoms with Crippen LogP contribution in [-0.4, -0.2) is 36.9 Å². The second-order valence-corrected chi connectivity index (χ2v) is 9.11. The zero-order valence-electron chi connectivity index (χ0n) is 19.1. The Hall–Kier alpha value is -2.05. The van der Waals surface area contributed by atoms with E-state index in [1.807, 2.05) is 24.3 Å². The van der Waals surface area contributed by atoms with Gasteiger partial charge in [-0.2, -0.15) is 0 Å². The van der Waals surface area contributed by atoms with Crippen molar-refractivity contribution in [2.45, 2.75) is 78.0 Å². The Morgan fingerprint density at radius 3 is 2.33 bits per heavy atom. The minimum atomic E-state index is -0.403. The summed E-state index contributed by atoms with van der Waals surface area (Å²) in [6.07, 6.45) is 2.96. The molecule has 0 aromatic heterocycles. The van der Waals surface area contributed by atoms with Crippen molar-refractivity contribution in [2.24, 2.45) is 0 Å². The lowest BCUT2D eigenvalue weighted by atomic mass is 9.78. The molecule has 5 nitrogen and oxygen atoms in total. The van der Waals surface area contributed by atoms with Crippen molar-refractivity contribution in [3.05, 3.63) is 36.4 Å². The molecule has 2 aromatic rings. The molecule has 1 aliphatic rings. The molecule has 2 aromatic carbocycles. The van der Waals surface area contributed by atoms with E-state index in [4.69, 9.17) is 14.0 Å². The number of nitrogens with one attached hydrogen (secondary N) is 1. The fourth-order valence-corrected chi connectivity index (χ4v) is 3.60. The minimum absolute atomic E-state index is 0.0165. The maximum atomic E-state index is 12.2. The van der Waals surface area contributed by atoms with Gasteiger partial charge < -0.3 is 19.4 Å². The minimum Gasteiger partial charge on any atom is -0.484 e. The first-order valence-electron chi connectivity index (χ1n) is 11.0. The van der Waals surface area contributed by atoms with Crippen molar-refractivity contribution in [2.75, 3.05) is 6.61 Å². The van der Waals surface area contributed by atoms with E-state index in [0.717, 1.165) is 35.5 Å². The normalized spacial score (nSPS) is 18.4. The van der Waals surface area contributed by atoms with Gasteiger partial charge in [-0.25, -0.2) is 0 Å². The third-order valence-corrected chi connectivity index (χ3v) is 6.23. The van der Waals surface area contributed by atoms with E-state index in [9.17, 15) is 4.79 Å². The lowest BCUT2D eigenvalue weighted by Gasteiger charge is -2.32. The Bertz CT molecular complexity index is 880. The summed E-state index contributed by atoms with van der Waals surface area (Å²) in [4.78, 5) is 12.2. The Labute approximate surface area is 180 Å². The molecule has 0 bridgehead atoms. The summed E-state index contributed by atoms with van der Waals surface area (Å²) < 4.78 is 18.1. The van der Waals surface area contributed by atoms with Crippen LogP contribution in [0.1, 0.15) is 60.8 Å². The highest BCUT2D eigenvalue weighted by Gasteiger charge is 2.51. The number of benzene rings is 2. The molecule has 1 aliphatic heterocycles. The molecule has 1 saturated heterocycles. The molecule has 0 saturated carbocycles. The van der Waals surface area contributed by atoms with Crippen molar-refractivity contribution in [1.82, 2.24) is 5.32 Å². The molecular formula is C24H34BNO4. The number of hydrogen-bond donors (Lipinski definition) is 1. The molecule has 1 heterocycles. The van der Waals surface area contributed by atoms with Crippen molar-refractivity contribution in [3.63, 3.8) is 0 Å². The van der Waals surface area contributed by atoms with Crippen LogP contribution in [-0.2, 0) is 14.1 Å². The average molecular weight is 411 g/mol. The average Bonchev–Trinajstić information content (AvgIpc) is 2.92. The topological polar surface area (TPSA) is 56.8 Å². The zero-order valence-corrected chi connectivity index (χ0v) is 19.1. The summed E-state index contributed by atoms with van der Waals surface area (Å²) in [5.41, 5.74) is 0.222. The van der Waals surface area contributed by atoms with Crippen LogP contribution in [0, 0.1) is 0 Å². The van der Waals surface area contributed by atoms with Crippen molar-refractivity contribution in [1.29, 1.82) is 0 Å². The van der Waals surface area contributed by atoms with Crippen LogP contribution in [0.15, 0.2) is 36.4 Å². The van der Waals surface area contributed by atoms with E-state index in [2.05, 4.69) is 59.0 Å². The van der Waals surface area contributed by atoms with Gasteiger partial charge in [0.25, 0.3) is 5.91 Å². The molecule has 1 fully saturated rings. The van der Waals surface area contributed by atoms with Gasteiger partial charge in [0.05, 0.1) is 11.2 Å². The van der Waals surface area contributed by atoms with E-state index >= 15 is 0 Å². The molecule has 1 unspecified atom stereocenters. The van der Waals surface area contributed by atoms with Gasteiger partial charge >= 0.3 is 7.12 Å². The largest absolute Gasteiger partial charge is 0.494 e. The zero-order chi connectivity index (χ0) is 21.9. The van der Waals surface area contributed by atoms with Crippen LogP contribution >= 0.6 is 0 Å². The highest BCUT2D eigenvalue weighted by Crippen LogP contribution is 2.36. The van der Waals surface area contributed by atoms with Gasteiger partial charge in [-0.1, -0.05) is 44.5 Å². The third kappa shape index (κ3) is 4.98. The monoisotopic (exact) mass is 411 g/mol. The molecular weight excluding hydrogens is 377 g/mol. The van der Waals surface area contributed by atoms with Crippen LogP contribution in [0.4, 0.5) is 0 Å². The maximum absolute atomic E-state index is 12.2. The Balaban J connectivity index is 1.69. The highest BCUT2D eigenvalue weighted by atomic mass is 16.7. The Morgan fingerprint density at radius 1 is 1.03 bits per heavy atom. The van der Waals surface area contributed by atoms with Gasteiger partial charge in [0.15, 0.2) is 6.61 Å². The second kappa shape index (κ2) is 8.99. The molecule has 162 valence electrons. The Kier molecular flexibility index (Phi) is 6.78. The first kappa shape index (κ1) is 22.6. The number of rotatable bonds is 8. The van der Waals surface area contributed by atoms with E-state index in [1.54, 1.807) is 0 Å². The SMILES string of the molecule is CCCC(CC)NC(=O)COc1ccc2ccc(B3OC(C)(C)C(C)(C)O3)cc2c1. The van der Waals surface area contributed by atoms with Crippen LogP contribution in [0.3, 0.4) is 0 Å². The maximum Gasteiger partial charge on any atom is 0.494 e. The van der Waals surface area contributed by atoms with Crippen molar-refractivity contribution in [3.8, 4) is 5.75 Å². The number of amides is 1. The first-order chi connectivity index (χ1) is 14.1. The van der Waals surface area contributed by atoms with Crippen LogP contribution in [0.25, 0.3) is 10.8 Å². The summed E-state index contributed by atoms with van der Waals surface area (Å²) in [5.74, 6) is 0.591. The van der Waals surface area contributed by atoms with Crippen molar-refractivity contribution >= 4 is 29.3 Å². The van der Waals surface area contributed by atoms with Gasteiger partial charge in [-0.15, -0.1) is 0 Å². The predicted molar refractivity (Wildman–Crippen MR) is 122 cm³/mol. The molecule has 30 heavy (non-hydrogen) atoms. The lowest BCUT2D eigenvalue weighted by Crippen LogP contribution is -2.41. The van der Waals surface area contributed by atoms with Crippen LogP contribution < -0.4 is 15.5 Å². The quantitative estimate of drug-likeness (QED) is 0.662. The molecule has 0 aliphatic carbocycles. The van der Waals surface area contributed by atoms with Gasteiger partial charge in [-0.05, 0) is 68.9 Å². The highest BCUT2D eigenvalue weighted by molar-refractivity contribution is 6.62. The van der Waals surface area contributed by atoms with Gasteiger partial charge in [0, 0.05) is 6.04 Å². The molecule has 1 N–H and O–H groups in total.